The standard InChI is InChI=1S/C82H159NO5/c1-3-5-7-9-11-13-15-16-17-18-19-20-36-39-42-45-48-51-55-58-62-66-70-74-80(85)79(78-84)83-81(86)75-71-67-63-59-56-52-49-46-43-40-37-34-32-30-28-26-24-22-21-23-25-27-29-31-33-35-38-41-44-47-50-53-57-61-65-69-73-77-88-82(87)76-72-68-64-60-54-14-12-10-8-6-4-2/h21,23,70,74,79-80,84-85H,3-20,22,24-69,71-73,75-78H2,1-2H3,(H,83,86)/b23-21-,74-70+. The molecule has 0 heterocycles. The number of allylic oxidation sites excluding steroid dienone is 3. The van der Waals surface area contributed by atoms with Crippen molar-refractivity contribution in [2.75, 3.05) is 13.2 Å². The number of aliphatic hydroxyl groups excluding tert-OH is 2. The Labute approximate surface area is 551 Å². The Morgan fingerprint density at radius 1 is 0.307 bits per heavy atom. The van der Waals surface area contributed by atoms with Gasteiger partial charge in [0.25, 0.3) is 0 Å². The second-order valence-electron chi connectivity index (χ2n) is 28.1. The molecule has 0 aromatic carbocycles. The lowest BCUT2D eigenvalue weighted by atomic mass is 10.0. The van der Waals surface area contributed by atoms with Crippen LogP contribution in [0.2, 0.25) is 0 Å². The zero-order chi connectivity index (χ0) is 63.5. The van der Waals surface area contributed by atoms with E-state index in [1.807, 2.05) is 6.08 Å². The molecule has 522 valence electrons. The van der Waals surface area contributed by atoms with Crippen molar-refractivity contribution in [3.8, 4) is 0 Å². The molecule has 0 saturated heterocycles. The van der Waals surface area contributed by atoms with Crippen LogP contribution in [0.5, 0.6) is 0 Å². The van der Waals surface area contributed by atoms with Crippen LogP contribution in [0.15, 0.2) is 24.3 Å². The minimum absolute atomic E-state index is 0.0218. The number of unbranched alkanes of at least 4 members (excludes halogenated alkanes) is 64. The predicted octanol–water partition coefficient (Wildman–Crippen LogP) is 26.8. The van der Waals surface area contributed by atoms with Gasteiger partial charge in [-0.1, -0.05) is 417 Å². The molecule has 0 aliphatic carbocycles. The van der Waals surface area contributed by atoms with Crippen molar-refractivity contribution >= 4 is 11.9 Å². The third-order valence-electron chi connectivity index (χ3n) is 19.2. The van der Waals surface area contributed by atoms with Crippen molar-refractivity contribution in [3.05, 3.63) is 24.3 Å². The highest BCUT2D eigenvalue weighted by molar-refractivity contribution is 5.76. The number of esters is 1. The highest BCUT2D eigenvalue weighted by Gasteiger charge is 2.18. The first kappa shape index (κ1) is 86.3. The quantitative estimate of drug-likeness (QED) is 0.0320. The molecule has 0 saturated carbocycles. The molecule has 1 amide bonds. The van der Waals surface area contributed by atoms with Crippen LogP contribution in [0.4, 0.5) is 0 Å². The molecule has 0 fully saturated rings. The molecule has 6 heteroatoms. The number of rotatable bonds is 77. The van der Waals surface area contributed by atoms with E-state index in [0.29, 0.717) is 19.4 Å². The average molecular weight is 1240 g/mol. The van der Waals surface area contributed by atoms with Gasteiger partial charge in [-0.3, -0.25) is 9.59 Å². The third-order valence-corrected chi connectivity index (χ3v) is 19.2. The topological polar surface area (TPSA) is 95.9 Å². The summed E-state index contributed by atoms with van der Waals surface area (Å²) in [4.78, 5) is 24.6. The zero-order valence-electron chi connectivity index (χ0n) is 60.0. The van der Waals surface area contributed by atoms with E-state index in [-0.39, 0.29) is 18.5 Å². The number of nitrogens with one attached hydrogen (secondary N) is 1. The van der Waals surface area contributed by atoms with Crippen LogP contribution < -0.4 is 5.32 Å². The molecular formula is C82H159NO5. The molecule has 0 aliphatic heterocycles. The minimum Gasteiger partial charge on any atom is -0.466 e. The second-order valence-corrected chi connectivity index (χ2v) is 28.1. The van der Waals surface area contributed by atoms with Crippen LogP contribution in [0.1, 0.15) is 463 Å². The molecule has 3 N–H and O–H groups in total. The van der Waals surface area contributed by atoms with Crippen LogP contribution in [0.25, 0.3) is 0 Å². The van der Waals surface area contributed by atoms with E-state index in [9.17, 15) is 19.8 Å². The molecule has 0 aliphatic rings. The van der Waals surface area contributed by atoms with Gasteiger partial charge in [0.2, 0.25) is 5.91 Å². The first-order valence-electron chi connectivity index (χ1n) is 40.6. The summed E-state index contributed by atoms with van der Waals surface area (Å²) in [7, 11) is 0. The van der Waals surface area contributed by atoms with E-state index in [0.717, 1.165) is 38.5 Å². The van der Waals surface area contributed by atoms with Gasteiger partial charge in [-0.15, -0.1) is 0 Å². The summed E-state index contributed by atoms with van der Waals surface area (Å²) in [5, 5.41) is 23.3. The highest BCUT2D eigenvalue weighted by atomic mass is 16.5. The van der Waals surface area contributed by atoms with Crippen molar-refractivity contribution in [2.24, 2.45) is 0 Å². The summed E-state index contributed by atoms with van der Waals surface area (Å²) in [5.74, 6) is -0.0368. The number of carbonyl (C=O) groups excluding carboxylic acids is 2. The Balaban J connectivity index is 3.36. The molecular weight excluding hydrogens is 1080 g/mol. The minimum atomic E-state index is -0.843. The maximum atomic E-state index is 12.6. The van der Waals surface area contributed by atoms with Crippen molar-refractivity contribution in [3.63, 3.8) is 0 Å². The zero-order valence-corrected chi connectivity index (χ0v) is 60.0. The van der Waals surface area contributed by atoms with Crippen molar-refractivity contribution < 1.29 is 24.5 Å². The highest BCUT2D eigenvalue weighted by Crippen LogP contribution is 2.20. The molecule has 2 unspecified atom stereocenters. The van der Waals surface area contributed by atoms with Crippen LogP contribution in [-0.4, -0.2) is 47.4 Å². The Morgan fingerprint density at radius 2 is 0.534 bits per heavy atom. The number of ether oxygens (including phenoxy) is 1. The molecule has 0 bridgehead atoms. The van der Waals surface area contributed by atoms with Crippen molar-refractivity contribution in [1.29, 1.82) is 0 Å². The fourth-order valence-corrected chi connectivity index (χ4v) is 13.0. The van der Waals surface area contributed by atoms with Crippen molar-refractivity contribution in [1.82, 2.24) is 5.32 Å². The molecule has 6 nitrogen and oxygen atoms in total. The molecule has 0 aromatic heterocycles. The first-order valence-corrected chi connectivity index (χ1v) is 40.6. The summed E-state index contributed by atoms with van der Waals surface area (Å²) < 4.78 is 5.48. The van der Waals surface area contributed by atoms with Crippen LogP contribution in [-0.2, 0) is 14.3 Å². The van der Waals surface area contributed by atoms with Gasteiger partial charge in [0.05, 0.1) is 25.4 Å². The van der Waals surface area contributed by atoms with E-state index in [1.54, 1.807) is 6.08 Å². The van der Waals surface area contributed by atoms with Gasteiger partial charge in [0, 0.05) is 12.8 Å². The Bertz CT molecular complexity index is 1380. The summed E-state index contributed by atoms with van der Waals surface area (Å²) in [6, 6.07) is -0.626. The van der Waals surface area contributed by atoms with Gasteiger partial charge in [-0.2, -0.15) is 0 Å². The molecule has 0 spiro atoms. The van der Waals surface area contributed by atoms with Crippen molar-refractivity contribution in [2.45, 2.75) is 475 Å². The van der Waals surface area contributed by atoms with E-state index in [2.05, 4.69) is 31.3 Å². The van der Waals surface area contributed by atoms with E-state index in [4.69, 9.17) is 4.74 Å². The van der Waals surface area contributed by atoms with Crippen LogP contribution in [0, 0.1) is 0 Å². The number of carbonyl (C=O) groups is 2. The van der Waals surface area contributed by atoms with Gasteiger partial charge in [0.15, 0.2) is 0 Å². The Kier molecular flexibility index (Phi) is 76.3. The number of aliphatic hydroxyl groups is 2. The van der Waals surface area contributed by atoms with E-state index in [1.165, 1.54) is 398 Å². The van der Waals surface area contributed by atoms with Crippen LogP contribution in [0.3, 0.4) is 0 Å². The average Bonchev–Trinajstić information content (AvgIpc) is 3.55. The Morgan fingerprint density at radius 3 is 0.807 bits per heavy atom. The number of hydrogen-bond donors (Lipinski definition) is 3. The Hall–Kier alpha value is -1.66. The molecule has 2 atom stereocenters. The van der Waals surface area contributed by atoms with Crippen LogP contribution >= 0.6 is 0 Å². The van der Waals surface area contributed by atoms with E-state index < -0.39 is 12.1 Å². The maximum absolute atomic E-state index is 12.6. The second kappa shape index (κ2) is 77.8. The molecule has 88 heavy (non-hydrogen) atoms. The smallest absolute Gasteiger partial charge is 0.305 e. The largest absolute Gasteiger partial charge is 0.466 e. The molecule has 0 aromatic rings. The fraction of sp³-hybridized carbons (Fsp3) is 0.927. The van der Waals surface area contributed by atoms with E-state index >= 15 is 0 Å². The third kappa shape index (κ3) is 73.4. The number of amides is 1. The lowest BCUT2D eigenvalue weighted by molar-refractivity contribution is -0.143. The molecule has 0 radical (unpaired) electrons. The van der Waals surface area contributed by atoms with Gasteiger partial charge >= 0.3 is 5.97 Å². The van der Waals surface area contributed by atoms with Gasteiger partial charge in [-0.05, 0) is 57.8 Å². The lowest BCUT2D eigenvalue weighted by Crippen LogP contribution is -2.45. The van der Waals surface area contributed by atoms with Gasteiger partial charge in [-0.25, -0.2) is 0 Å². The summed E-state index contributed by atoms with van der Waals surface area (Å²) >= 11 is 0. The summed E-state index contributed by atoms with van der Waals surface area (Å²) in [6.07, 6.45) is 100. The fourth-order valence-electron chi connectivity index (χ4n) is 13.0. The number of hydrogen-bond acceptors (Lipinski definition) is 5. The lowest BCUT2D eigenvalue weighted by Gasteiger charge is -2.20. The first-order chi connectivity index (χ1) is 43.5. The summed E-state index contributed by atoms with van der Waals surface area (Å²) in [5.41, 5.74) is 0. The monoisotopic (exact) mass is 1240 g/mol. The van der Waals surface area contributed by atoms with Gasteiger partial charge in [0.1, 0.15) is 0 Å². The maximum Gasteiger partial charge on any atom is 0.305 e. The predicted molar refractivity (Wildman–Crippen MR) is 389 cm³/mol. The molecule has 0 rings (SSSR count). The SMILES string of the molecule is CCCCCCCCCCCCCCCCCCCCCCC/C=C/C(O)C(CO)NC(=O)CCCCCCCCCCCCCCCCCCC/C=C\CCCCCCCCCCCCCCCCCCOC(=O)CCCCCCCCCCCCC. The summed E-state index contributed by atoms with van der Waals surface area (Å²) in [6.45, 7) is 4.96. The van der Waals surface area contributed by atoms with Gasteiger partial charge < -0.3 is 20.3 Å². The normalized spacial score (nSPS) is 12.5.